The maximum absolute atomic E-state index is 13.5. The number of carbonyl (C=O) groups excluding carboxylic acids is 1. The second-order valence-corrected chi connectivity index (χ2v) is 11.0. The summed E-state index contributed by atoms with van der Waals surface area (Å²) in [4.78, 5) is 17.3. The third-order valence-corrected chi connectivity index (χ3v) is 7.54. The first-order valence-corrected chi connectivity index (χ1v) is 13.8. The van der Waals surface area contributed by atoms with Crippen molar-refractivity contribution in [2.75, 3.05) is 31.3 Å². The molecule has 188 valence electrons. The van der Waals surface area contributed by atoms with Gasteiger partial charge in [-0.15, -0.1) is 0 Å². The molecule has 36 heavy (non-hydrogen) atoms. The number of furan rings is 1. The topological polar surface area (TPSA) is 102 Å². The van der Waals surface area contributed by atoms with Crippen molar-refractivity contribution in [1.29, 1.82) is 0 Å². The van der Waals surface area contributed by atoms with E-state index in [1.165, 1.54) is 35.6 Å². The number of hydrogen-bond acceptors (Lipinski definition) is 6. The van der Waals surface area contributed by atoms with Crippen molar-refractivity contribution >= 4 is 55.4 Å². The molecule has 0 unspecified atom stereocenters. The Labute approximate surface area is 221 Å². The van der Waals surface area contributed by atoms with Crippen molar-refractivity contribution in [2.24, 2.45) is 0 Å². The molecule has 4 rings (SSSR count). The van der Waals surface area contributed by atoms with Crippen LogP contribution in [0.25, 0.3) is 22.4 Å². The average Bonchev–Trinajstić information content (AvgIpc) is 3.21. The number of nitrogens with zero attached hydrogens (tertiary/aromatic N) is 2. The van der Waals surface area contributed by atoms with E-state index in [1.54, 1.807) is 13.2 Å². The summed E-state index contributed by atoms with van der Waals surface area (Å²) in [5.74, 6) is 0.224. The number of para-hydroxylation sites is 1. The highest BCUT2D eigenvalue weighted by atomic mass is 127. The normalized spacial score (nSPS) is 11.5. The Bertz CT molecular complexity index is 1540. The van der Waals surface area contributed by atoms with Crippen LogP contribution in [-0.4, -0.2) is 46.3 Å². The highest BCUT2D eigenvalue weighted by Gasteiger charge is 2.27. The van der Waals surface area contributed by atoms with Gasteiger partial charge in [-0.2, -0.15) is 4.98 Å². The Morgan fingerprint density at radius 2 is 1.89 bits per heavy atom. The molecule has 0 saturated heterocycles. The van der Waals surface area contributed by atoms with E-state index in [2.05, 4.69) is 10.3 Å². The molecule has 0 spiro atoms. The molecule has 0 aliphatic rings. The van der Waals surface area contributed by atoms with Gasteiger partial charge in [0.2, 0.25) is 15.7 Å². The van der Waals surface area contributed by atoms with Gasteiger partial charge in [0.1, 0.15) is 17.3 Å². The summed E-state index contributed by atoms with van der Waals surface area (Å²) in [5.41, 5.74) is 1.66. The molecule has 0 aliphatic heterocycles. The van der Waals surface area contributed by atoms with Gasteiger partial charge in [0.15, 0.2) is 5.82 Å². The molecular weight excluding hydrogens is 600 g/mol. The molecule has 0 radical (unpaired) electrons. The lowest BCUT2D eigenvalue weighted by Crippen LogP contribution is -2.33. The summed E-state index contributed by atoms with van der Waals surface area (Å²) in [6, 6.07) is 14.6. The Kier molecular flexibility index (Phi) is 7.50. The Morgan fingerprint density at radius 1 is 1.19 bits per heavy atom. The number of fused-ring (bicyclic) bond motifs is 1. The van der Waals surface area contributed by atoms with Crippen molar-refractivity contribution in [3.8, 4) is 17.1 Å². The molecule has 4 aromatic rings. The number of rotatable bonds is 8. The number of aromatic nitrogens is 1. The number of halogens is 2. The highest BCUT2D eigenvalue weighted by molar-refractivity contribution is 14.1. The number of anilines is 1. The number of amides is 1. The average molecular weight is 623 g/mol. The maximum atomic E-state index is 13.5. The molecule has 1 N–H and O–H groups in total. The molecule has 0 saturated carbocycles. The minimum Gasteiger partial charge on any atom is -0.496 e. The summed E-state index contributed by atoms with van der Waals surface area (Å²) >= 11 is 2.00. The Morgan fingerprint density at radius 3 is 2.53 bits per heavy atom. The zero-order valence-corrected chi connectivity index (χ0v) is 22.7. The van der Waals surface area contributed by atoms with Crippen molar-refractivity contribution in [3.05, 3.63) is 75.1 Å². The third kappa shape index (κ3) is 5.16. The lowest BCUT2D eigenvalue weighted by molar-refractivity contribution is 0.0964. The van der Waals surface area contributed by atoms with Crippen LogP contribution in [0.1, 0.15) is 15.9 Å². The van der Waals surface area contributed by atoms with Crippen molar-refractivity contribution in [1.82, 2.24) is 10.3 Å². The fourth-order valence-electron chi connectivity index (χ4n) is 3.88. The first-order valence-electron chi connectivity index (χ1n) is 10.8. The molecule has 8 nitrogen and oxygen atoms in total. The van der Waals surface area contributed by atoms with E-state index in [-0.39, 0.29) is 29.4 Å². The van der Waals surface area contributed by atoms with Crippen molar-refractivity contribution in [2.45, 2.75) is 6.42 Å². The molecule has 2 aromatic carbocycles. The van der Waals surface area contributed by atoms with Crippen LogP contribution in [0.15, 0.2) is 59.0 Å². The molecule has 0 aliphatic carbocycles. The van der Waals surface area contributed by atoms with Gasteiger partial charge in [-0.3, -0.25) is 9.10 Å². The van der Waals surface area contributed by atoms with Gasteiger partial charge in [-0.25, -0.2) is 12.8 Å². The number of hydrogen-bond donors (Lipinski definition) is 1. The number of pyridine rings is 1. The number of methoxy groups -OCH3 is 1. The quantitative estimate of drug-likeness (QED) is 0.288. The molecule has 0 fully saturated rings. The molecule has 2 aromatic heterocycles. The summed E-state index contributed by atoms with van der Waals surface area (Å²) < 4.78 is 52.2. The second kappa shape index (κ2) is 10.4. The molecule has 2 heterocycles. The summed E-state index contributed by atoms with van der Waals surface area (Å²) in [5, 5.41) is 3.01. The predicted octanol–water partition coefficient (Wildman–Crippen LogP) is 4.62. The van der Waals surface area contributed by atoms with E-state index in [0.29, 0.717) is 26.7 Å². The van der Waals surface area contributed by atoms with Crippen LogP contribution in [0.2, 0.25) is 0 Å². The van der Waals surface area contributed by atoms with Gasteiger partial charge in [0.05, 0.1) is 27.9 Å². The van der Waals surface area contributed by atoms with Crippen molar-refractivity contribution < 1.29 is 26.8 Å². The first-order chi connectivity index (χ1) is 17.1. The molecular formula is C25H23FIN3O5S. The van der Waals surface area contributed by atoms with Crippen LogP contribution in [0.5, 0.6) is 5.75 Å². The van der Waals surface area contributed by atoms with E-state index in [0.717, 1.165) is 11.8 Å². The fourth-order valence-corrected chi connectivity index (χ4v) is 5.64. The monoisotopic (exact) mass is 623 g/mol. The van der Waals surface area contributed by atoms with Crippen LogP contribution < -0.4 is 14.4 Å². The largest absolute Gasteiger partial charge is 0.496 e. The van der Waals surface area contributed by atoms with E-state index in [1.807, 2.05) is 46.9 Å². The number of ether oxygens (including phenoxy) is 1. The smallest absolute Gasteiger partial charge is 0.255 e. The summed E-state index contributed by atoms with van der Waals surface area (Å²) in [6.45, 7) is 0.113. The minimum atomic E-state index is -3.72. The van der Waals surface area contributed by atoms with Crippen LogP contribution >= 0.6 is 22.6 Å². The van der Waals surface area contributed by atoms with Gasteiger partial charge in [-0.1, -0.05) is 18.2 Å². The highest BCUT2D eigenvalue weighted by Crippen LogP contribution is 2.36. The standard InChI is InChI=1S/C25H23FIN3O5S/c1-28-24(31)21-18-14-19(27)23(29-25(18)35-22(21)16-8-10-17(26)11-9-16)30(36(3,32)33)13-12-15-6-4-5-7-20(15)34-2/h4-11,14H,12-13H2,1-3H3,(H,28,31). The maximum Gasteiger partial charge on any atom is 0.255 e. The molecule has 0 atom stereocenters. The van der Waals surface area contributed by atoms with Crippen molar-refractivity contribution in [3.63, 3.8) is 0 Å². The molecule has 11 heteroatoms. The van der Waals surface area contributed by atoms with Gasteiger partial charge >= 0.3 is 0 Å². The van der Waals surface area contributed by atoms with E-state index in [9.17, 15) is 17.6 Å². The number of sulfonamides is 1. The van der Waals surface area contributed by atoms with Crippen LogP contribution in [0.4, 0.5) is 10.2 Å². The number of carbonyl (C=O) groups is 1. The van der Waals surface area contributed by atoms with Crippen LogP contribution in [0.3, 0.4) is 0 Å². The van der Waals surface area contributed by atoms with Crippen LogP contribution in [-0.2, 0) is 16.4 Å². The van der Waals surface area contributed by atoms with E-state index >= 15 is 0 Å². The van der Waals surface area contributed by atoms with Gasteiger partial charge in [0.25, 0.3) is 5.91 Å². The van der Waals surface area contributed by atoms with E-state index in [4.69, 9.17) is 9.15 Å². The summed E-state index contributed by atoms with van der Waals surface area (Å²) in [6.07, 6.45) is 1.49. The Hall–Kier alpha value is -3.19. The molecule has 1 amide bonds. The zero-order chi connectivity index (χ0) is 26.0. The van der Waals surface area contributed by atoms with Crippen LogP contribution in [0, 0.1) is 9.39 Å². The predicted molar refractivity (Wildman–Crippen MR) is 144 cm³/mol. The lowest BCUT2D eigenvalue weighted by atomic mass is 10.1. The Balaban J connectivity index is 1.83. The van der Waals surface area contributed by atoms with Gasteiger partial charge in [0, 0.05) is 19.2 Å². The van der Waals surface area contributed by atoms with E-state index < -0.39 is 21.7 Å². The summed E-state index contributed by atoms with van der Waals surface area (Å²) in [7, 11) is -0.665. The number of nitrogens with one attached hydrogen (secondary N) is 1. The first kappa shape index (κ1) is 25.9. The fraction of sp³-hybridized carbons (Fsp3) is 0.200. The van der Waals surface area contributed by atoms with Gasteiger partial charge in [-0.05, 0) is 71.0 Å². The SMILES string of the molecule is CNC(=O)c1c(-c2ccc(F)cc2)oc2nc(N(CCc3ccccc3OC)S(C)(=O)=O)c(I)cc12. The van der Waals surface area contributed by atoms with Gasteiger partial charge < -0.3 is 14.5 Å². The zero-order valence-electron chi connectivity index (χ0n) is 19.7. The number of benzene rings is 2. The second-order valence-electron chi connectivity index (χ2n) is 7.94. The molecule has 0 bridgehead atoms. The minimum absolute atomic E-state index is 0.0919. The third-order valence-electron chi connectivity index (χ3n) is 5.59. The lowest BCUT2D eigenvalue weighted by Gasteiger charge is -2.22.